The molecule has 0 aromatic carbocycles. The molecule has 0 aromatic rings. The van der Waals surface area contributed by atoms with Gasteiger partial charge in [0.05, 0.1) is 0 Å². The molecule has 0 aromatic heterocycles. The van der Waals surface area contributed by atoms with Crippen molar-refractivity contribution in [2.24, 2.45) is 0 Å². The van der Waals surface area contributed by atoms with Crippen molar-refractivity contribution in [1.82, 2.24) is 0 Å². The van der Waals surface area contributed by atoms with E-state index in [4.69, 9.17) is 0 Å². The minimum Gasteiger partial charge on any atom is -0.0885 e. The Morgan fingerprint density at radius 2 is 1.06 bits per heavy atom. The van der Waals surface area contributed by atoms with Crippen LogP contribution in [0.5, 0.6) is 0 Å². The van der Waals surface area contributed by atoms with Crippen LogP contribution in [0.25, 0.3) is 0 Å². The standard InChI is InChI=1S/C16H30/c1-3-5-7-9-11-13-15-16-14-12-10-8-6-4-2/h7,9,15-16H,3-6,8,10-14H2,1-2H3. The molecule has 0 unspecified atom stereocenters. The number of allylic oxidation sites excluding steroid dienone is 4. The van der Waals surface area contributed by atoms with E-state index in [2.05, 4.69) is 38.2 Å². The van der Waals surface area contributed by atoms with Crippen molar-refractivity contribution in [3.05, 3.63) is 24.3 Å². The topological polar surface area (TPSA) is 0 Å². The minimum atomic E-state index is 1.21. The minimum absolute atomic E-state index is 1.21. The number of unbranched alkanes of at least 4 members (excludes halogenated alkanes) is 7. The lowest BCUT2D eigenvalue weighted by atomic mass is 10.1. The van der Waals surface area contributed by atoms with E-state index >= 15 is 0 Å². The Hall–Kier alpha value is -0.520. The van der Waals surface area contributed by atoms with E-state index in [0.717, 1.165) is 0 Å². The van der Waals surface area contributed by atoms with Crippen LogP contribution in [0.3, 0.4) is 0 Å². The van der Waals surface area contributed by atoms with Crippen LogP contribution in [-0.4, -0.2) is 0 Å². The summed E-state index contributed by atoms with van der Waals surface area (Å²) in [6.07, 6.45) is 22.5. The van der Waals surface area contributed by atoms with Crippen LogP contribution < -0.4 is 0 Å². The second-order valence-corrected chi connectivity index (χ2v) is 4.51. The lowest BCUT2D eigenvalue weighted by molar-refractivity contribution is 0.637. The first kappa shape index (κ1) is 15.5. The first-order valence-corrected chi connectivity index (χ1v) is 7.21. The van der Waals surface area contributed by atoms with Gasteiger partial charge in [0, 0.05) is 0 Å². The smallest absolute Gasteiger partial charge is 0.0316 e. The Bertz CT molecular complexity index is 165. The Morgan fingerprint density at radius 3 is 1.69 bits per heavy atom. The van der Waals surface area contributed by atoms with Gasteiger partial charge in [0.2, 0.25) is 0 Å². The van der Waals surface area contributed by atoms with Crippen molar-refractivity contribution in [3.8, 4) is 0 Å². The molecule has 0 N–H and O–H groups in total. The van der Waals surface area contributed by atoms with Crippen molar-refractivity contribution in [3.63, 3.8) is 0 Å². The molecule has 16 heavy (non-hydrogen) atoms. The number of hydrogen-bond donors (Lipinski definition) is 0. The zero-order valence-corrected chi connectivity index (χ0v) is 11.4. The molecule has 0 radical (unpaired) electrons. The van der Waals surface area contributed by atoms with Crippen LogP contribution in [0.15, 0.2) is 24.3 Å². The summed E-state index contributed by atoms with van der Waals surface area (Å²) in [5.41, 5.74) is 0. The third-order valence-electron chi connectivity index (χ3n) is 2.76. The van der Waals surface area contributed by atoms with E-state index in [1.165, 1.54) is 64.2 Å². The molecule has 0 saturated heterocycles. The third kappa shape index (κ3) is 13.5. The average Bonchev–Trinajstić information content (AvgIpc) is 2.31. The first-order chi connectivity index (χ1) is 7.91. The van der Waals surface area contributed by atoms with Gasteiger partial charge in [-0.3, -0.25) is 0 Å². The van der Waals surface area contributed by atoms with Crippen molar-refractivity contribution in [1.29, 1.82) is 0 Å². The fourth-order valence-electron chi connectivity index (χ4n) is 1.70. The molecule has 0 heterocycles. The van der Waals surface area contributed by atoms with Gasteiger partial charge in [0.1, 0.15) is 0 Å². The molecule has 94 valence electrons. The first-order valence-electron chi connectivity index (χ1n) is 7.21. The van der Waals surface area contributed by atoms with Gasteiger partial charge in [-0.25, -0.2) is 0 Å². The molecule has 0 saturated carbocycles. The van der Waals surface area contributed by atoms with E-state index in [1.54, 1.807) is 0 Å². The van der Waals surface area contributed by atoms with E-state index < -0.39 is 0 Å². The maximum absolute atomic E-state index is 2.36. The molecule has 0 nitrogen and oxygen atoms in total. The summed E-state index contributed by atoms with van der Waals surface area (Å²) in [4.78, 5) is 0. The van der Waals surface area contributed by atoms with Gasteiger partial charge in [0.25, 0.3) is 0 Å². The highest BCUT2D eigenvalue weighted by Crippen LogP contribution is 2.06. The van der Waals surface area contributed by atoms with Crippen LogP contribution in [-0.2, 0) is 0 Å². The van der Waals surface area contributed by atoms with Gasteiger partial charge in [-0.15, -0.1) is 0 Å². The summed E-state index contributed by atoms with van der Waals surface area (Å²) in [5, 5.41) is 0. The van der Waals surface area contributed by atoms with Crippen LogP contribution in [0.2, 0.25) is 0 Å². The lowest BCUT2D eigenvalue weighted by Crippen LogP contribution is -1.76. The van der Waals surface area contributed by atoms with Crippen molar-refractivity contribution in [2.45, 2.75) is 78.1 Å². The van der Waals surface area contributed by atoms with Crippen LogP contribution in [0, 0.1) is 0 Å². The Balaban J connectivity index is 3.10. The molecule has 0 spiro atoms. The van der Waals surface area contributed by atoms with Gasteiger partial charge in [-0.05, 0) is 32.1 Å². The highest BCUT2D eigenvalue weighted by molar-refractivity contribution is 4.87. The van der Waals surface area contributed by atoms with Gasteiger partial charge in [-0.2, -0.15) is 0 Å². The molecular weight excluding hydrogens is 192 g/mol. The summed E-state index contributed by atoms with van der Waals surface area (Å²) in [6, 6.07) is 0. The molecule has 0 rings (SSSR count). The zero-order valence-electron chi connectivity index (χ0n) is 11.4. The monoisotopic (exact) mass is 222 g/mol. The van der Waals surface area contributed by atoms with Gasteiger partial charge in [0.15, 0.2) is 0 Å². The lowest BCUT2D eigenvalue weighted by Gasteiger charge is -1.95. The van der Waals surface area contributed by atoms with Crippen molar-refractivity contribution < 1.29 is 0 Å². The van der Waals surface area contributed by atoms with Crippen molar-refractivity contribution in [2.75, 3.05) is 0 Å². The molecule has 0 aliphatic carbocycles. The SMILES string of the molecule is CCCC=CCCC=CCCCCCCC. The normalized spacial score (nSPS) is 11.9. The molecule has 0 aliphatic rings. The molecular formula is C16H30. The summed E-state index contributed by atoms with van der Waals surface area (Å²) in [7, 11) is 0. The largest absolute Gasteiger partial charge is 0.0885 e. The molecule has 0 aliphatic heterocycles. The Morgan fingerprint density at radius 1 is 0.500 bits per heavy atom. The number of hydrogen-bond acceptors (Lipinski definition) is 0. The van der Waals surface area contributed by atoms with Gasteiger partial charge >= 0.3 is 0 Å². The second kappa shape index (κ2) is 14.5. The molecule has 0 atom stereocenters. The maximum Gasteiger partial charge on any atom is -0.0316 e. The summed E-state index contributed by atoms with van der Waals surface area (Å²) in [5.74, 6) is 0. The molecule has 0 bridgehead atoms. The molecule has 0 heteroatoms. The van der Waals surface area contributed by atoms with Crippen molar-refractivity contribution >= 4 is 0 Å². The molecule has 0 fully saturated rings. The number of rotatable bonds is 11. The highest BCUT2D eigenvalue weighted by Gasteiger charge is 1.86. The fraction of sp³-hybridized carbons (Fsp3) is 0.750. The summed E-state index contributed by atoms with van der Waals surface area (Å²) < 4.78 is 0. The van der Waals surface area contributed by atoms with Crippen LogP contribution >= 0.6 is 0 Å². The Kier molecular flexibility index (Phi) is 14.0. The predicted molar refractivity (Wildman–Crippen MR) is 75.8 cm³/mol. The van der Waals surface area contributed by atoms with Gasteiger partial charge < -0.3 is 0 Å². The zero-order chi connectivity index (χ0) is 11.9. The quantitative estimate of drug-likeness (QED) is 0.295. The van der Waals surface area contributed by atoms with Gasteiger partial charge in [-0.1, -0.05) is 70.3 Å². The van der Waals surface area contributed by atoms with E-state index in [1.807, 2.05) is 0 Å². The van der Waals surface area contributed by atoms with E-state index in [-0.39, 0.29) is 0 Å². The highest BCUT2D eigenvalue weighted by atomic mass is 13.9. The van der Waals surface area contributed by atoms with E-state index in [0.29, 0.717) is 0 Å². The summed E-state index contributed by atoms with van der Waals surface area (Å²) >= 11 is 0. The third-order valence-corrected chi connectivity index (χ3v) is 2.76. The predicted octanol–water partition coefficient (Wildman–Crippen LogP) is 6.04. The second-order valence-electron chi connectivity index (χ2n) is 4.51. The van der Waals surface area contributed by atoms with Crippen LogP contribution in [0.4, 0.5) is 0 Å². The summed E-state index contributed by atoms with van der Waals surface area (Å²) in [6.45, 7) is 4.49. The van der Waals surface area contributed by atoms with Crippen LogP contribution in [0.1, 0.15) is 78.1 Å². The average molecular weight is 222 g/mol. The maximum atomic E-state index is 2.36. The van der Waals surface area contributed by atoms with E-state index in [9.17, 15) is 0 Å². The molecule has 0 amide bonds. The Labute approximate surface area is 103 Å². The fourth-order valence-corrected chi connectivity index (χ4v) is 1.70.